The van der Waals surface area contributed by atoms with Gasteiger partial charge in [-0.1, -0.05) is 6.92 Å². The summed E-state index contributed by atoms with van der Waals surface area (Å²) in [4.78, 5) is 0. The number of rotatable bonds is 5. The number of hydrogen-bond donors (Lipinski definition) is 1. The standard InChI is InChI=1S/C14H22N4O/c1-5-13-12(9-17(4)16-13)14(19)8-11-6-7-18(15-11)10(2)3/h6-7,9-10,14,19H,5,8H2,1-4H3. The van der Waals surface area contributed by atoms with Gasteiger partial charge in [0.05, 0.1) is 17.5 Å². The van der Waals surface area contributed by atoms with E-state index in [4.69, 9.17) is 0 Å². The SMILES string of the molecule is CCc1nn(C)cc1C(O)Cc1ccn(C(C)C)n1. The van der Waals surface area contributed by atoms with Crippen LogP contribution < -0.4 is 0 Å². The van der Waals surface area contributed by atoms with Gasteiger partial charge in [0.15, 0.2) is 0 Å². The van der Waals surface area contributed by atoms with Crippen molar-refractivity contribution in [2.45, 2.75) is 45.8 Å². The van der Waals surface area contributed by atoms with E-state index in [0.29, 0.717) is 12.5 Å². The minimum atomic E-state index is -0.542. The van der Waals surface area contributed by atoms with Crippen LogP contribution in [-0.2, 0) is 19.9 Å². The molecule has 1 unspecified atom stereocenters. The summed E-state index contributed by atoms with van der Waals surface area (Å²) in [5, 5.41) is 19.2. The Morgan fingerprint density at radius 3 is 2.63 bits per heavy atom. The van der Waals surface area contributed by atoms with E-state index in [1.807, 2.05) is 37.1 Å². The van der Waals surface area contributed by atoms with Crippen LogP contribution in [0, 0.1) is 0 Å². The number of aryl methyl sites for hydroxylation is 2. The van der Waals surface area contributed by atoms with E-state index in [2.05, 4.69) is 24.0 Å². The third-order valence-corrected chi connectivity index (χ3v) is 3.23. The Kier molecular flexibility index (Phi) is 4.04. The number of aliphatic hydroxyl groups excluding tert-OH is 1. The Morgan fingerprint density at radius 1 is 1.32 bits per heavy atom. The third kappa shape index (κ3) is 3.04. The van der Waals surface area contributed by atoms with Gasteiger partial charge in [0, 0.05) is 37.5 Å². The maximum absolute atomic E-state index is 10.3. The van der Waals surface area contributed by atoms with E-state index in [0.717, 1.165) is 23.4 Å². The molecule has 0 aromatic carbocycles. The van der Waals surface area contributed by atoms with Gasteiger partial charge < -0.3 is 5.11 Å². The molecule has 2 aromatic heterocycles. The molecule has 0 aliphatic rings. The molecule has 2 heterocycles. The molecule has 0 fully saturated rings. The fourth-order valence-corrected chi connectivity index (χ4v) is 2.19. The highest BCUT2D eigenvalue weighted by Crippen LogP contribution is 2.21. The largest absolute Gasteiger partial charge is 0.388 e. The van der Waals surface area contributed by atoms with Crippen LogP contribution in [0.2, 0.25) is 0 Å². The normalized spacial score (nSPS) is 13.2. The minimum absolute atomic E-state index is 0.343. The second kappa shape index (κ2) is 5.57. The molecule has 0 radical (unpaired) electrons. The van der Waals surface area contributed by atoms with Crippen molar-refractivity contribution in [1.29, 1.82) is 0 Å². The zero-order valence-electron chi connectivity index (χ0n) is 12.0. The van der Waals surface area contributed by atoms with Crippen molar-refractivity contribution >= 4 is 0 Å². The van der Waals surface area contributed by atoms with Gasteiger partial charge in [-0.25, -0.2) is 0 Å². The number of aliphatic hydroxyl groups is 1. The Labute approximate surface area is 113 Å². The van der Waals surface area contributed by atoms with E-state index >= 15 is 0 Å². The molecule has 104 valence electrons. The lowest BCUT2D eigenvalue weighted by molar-refractivity contribution is 0.175. The van der Waals surface area contributed by atoms with E-state index in [-0.39, 0.29) is 0 Å². The van der Waals surface area contributed by atoms with Crippen LogP contribution in [0.4, 0.5) is 0 Å². The summed E-state index contributed by atoms with van der Waals surface area (Å²) in [5.41, 5.74) is 2.77. The van der Waals surface area contributed by atoms with Crippen LogP contribution in [0.15, 0.2) is 18.5 Å². The lowest BCUT2D eigenvalue weighted by atomic mass is 10.0. The average molecular weight is 262 g/mol. The minimum Gasteiger partial charge on any atom is -0.388 e. The summed E-state index contributed by atoms with van der Waals surface area (Å²) < 4.78 is 3.66. The van der Waals surface area contributed by atoms with Crippen molar-refractivity contribution in [2.75, 3.05) is 0 Å². The molecule has 1 N–H and O–H groups in total. The molecule has 0 bridgehead atoms. The molecular weight excluding hydrogens is 240 g/mol. The van der Waals surface area contributed by atoms with Crippen LogP contribution in [0.5, 0.6) is 0 Å². The summed E-state index contributed by atoms with van der Waals surface area (Å²) >= 11 is 0. The van der Waals surface area contributed by atoms with Crippen LogP contribution in [0.25, 0.3) is 0 Å². The van der Waals surface area contributed by atoms with Gasteiger partial charge in [0.25, 0.3) is 0 Å². The number of hydrogen-bond acceptors (Lipinski definition) is 3. The van der Waals surface area contributed by atoms with Crippen LogP contribution in [-0.4, -0.2) is 24.7 Å². The molecule has 0 saturated heterocycles. The van der Waals surface area contributed by atoms with Gasteiger partial charge in [0.2, 0.25) is 0 Å². The molecule has 5 nitrogen and oxygen atoms in total. The molecule has 0 aliphatic carbocycles. The van der Waals surface area contributed by atoms with Crippen molar-refractivity contribution < 1.29 is 5.11 Å². The number of nitrogens with zero attached hydrogens (tertiary/aromatic N) is 4. The first kappa shape index (κ1) is 13.8. The van der Waals surface area contributed by atoms with Gasteiger partial charge in [0.1, 0.15) is 0 Å². The first-order valence-corrected chi connectivity index (χ1v) is 6.75. The van der Waals surface area contributed by atoms with Gasteiger partial charge >= 0.3 is 0 Å². The zero-order chi connectivity index (χ0) is 14.0. The molecule has 2 rings (SSSR count). The molecule has 0 aliphatic heterocycles. The van der Waals surface area contributed by atoms with Gasteiger partial charge in [-0.2, -0.15) is 10.2 Å². The van der Waals surface area contributed by atoms with Crippen LogP contribution >= 0.6 is 0 Å². The van der Waals surface area contributed by atoms with E-state index in [1.54, 1.807) is 4.68 Å². The fourth-order valence-electron chi connectivity index (χ4n) is 2.19. The molecular formula is C14H22N4O. The monoisotopic (exact) mass is 262 g/mol. The second-order valence-electron chi connectivity index (χ2n) is 5.16. The van der Waals surface area contributed by atoms with Crippen molar-refractivity contribution in [3.63, 3.8) is 0 Å². The highest BCUT2D eigenvalue weighted by Gasteiger charge is 2.17. The third-order valence-electron chi connectivity index (χ3n) is 3.23. The molecule has 0 spiro atoms. The molecule has 19 heavy (non-hydrogen) atoms. The van der Waals surface area contributed by atoms with Crippen molar-refractivity contribution in [3.05, 3.63) is 35.4 Å². The molecule has 0 amide bonds. The fraction of sp³-hybridized carbons (Fsp3) is 0.571. The first-order chi connectivity index (χ1) is 9.01. The second-order valence-corrected chi connectivity index (χ2v) is 5.16. The first-order valence-electron chi connectivity index (χ1n) is 6.75. The van der Waals surface area contributed by atoms with E-state index in [9.17, 15) is 5.11 Å². The predicted octanol–water partition coefficient (Wildman–Crippen LogP) is 2.04. The van der Waals surface area contributed by atoms with E-state index < -0.39 is 6.10 Å². The van der Waals surface area contributed by atoms with Gasteiger partial charge in [-0.05, 0) is 26.3 Å². The smallest absolute Gasteiger partial charge is 0.0879 e. The topological polar surface area (TPSA) is 55.9 Å². The summed E-state index contributed by atoms with van der Waals surface area (Å²) in [6.45, 7) is 6.22. The van der Waals surface area contributed by atoms with Crippen molar-refractivity contribution in [1.82, 2.24) is 19.6 Å². The lowest BCUT2D eigenvalue weighted by Crippen LogP contribution is -2.06. The molecule has 2 aromatic rings. The van der Waals surface area contributed by atoms with Crippen LogP contribution in [0.1, 0.15) is 49.9 Å². The summed E-state index contributed by atoms with van der Waals surface area (Å²) in [6.07, 6.45) is 4.66. The Bertz CT molecular complexity index is 541. The molecule has 5 heteroatoms. The predicted molar refractivity (Wildman–Crippen MR) is 73.9 cm³/mol. The van der Waals surface area contributed by atoms with Crippen molar-refractivity contribution in [2.24, 2.45) is 7.05 Å². The Balaban J connectivity index is 2.13. The zero-order valence-corrected chi connectivity index (χ0v) is 12.0. The van der Waals surface area contributed by atoms with E-state index in [1.165, 1.54) is 0 Å². The average Bonchev–Trinajstić information content (AvgIpc) is 2.95. The maximum Gasteiger partial charge on any atom is 0.0879 e. The lowest BCUT2D eigenvalue weighted by Gasteiger charge is -2.09. The highest BCUT2D eigenvalue weighted by atomic mass is 16.3. The van der Waals surface area contributed by atoms with Gasteiger partial charge in [-0.3, -0.25) is 9.36 Å². The summed E-state index contributed by atoms with van der Waals surface area (Å²) in [6, 6.07) is 2.31. The Hall–Kier alpha value is -1.62. The Morgan fingerprint density at radius 2 is 2.05 bits per heavy atom. The van der Waals surface area contributed by atoms with Gasteiger partial charge in [-0.15, -0.1) is 0 Å². The van der Waals surface area contributed by atoms with Crippen molar-refractivity contribution in [3.8, 4) is 0 Å². The quantitative estimate of drug-likeness (QED) is 0.897. The van der Waals surface area contributed by atoms with Crippen LogP contribution in [0.3, 0.4) is 0 Å². The number of aromatic nitrogens is 4. The molecule has 1 atom stereocenters. The maximum atomic E-state index is 10.3. The summed E-state index contributed by atoms with van der Waals surface area (Å²) in [5.74, 6) is 0. The highest BCUT2D eigenvalue weighted by molar-refractivity contribution is 5.21. The summed E-state index contributed by atoms with van der Waals surface area (Å²) in [7, 11) is 1.88. The molecule has 0 saturated carbocycles.